The fourth-order valence-electron chi connectivity index (χ4n) is 1.94. The summed E-state index contributed by atoms with van der Waals surface area (Å²) in [5.41, 5.74) is 2.23. The van der Waals surface area contributed by atoms with Crippen LogP contribution in [-0.4, -0.2) is 22.6 Å². The molecule has 0 unspecified atom stereocenters. The minimum Gasteiger partial charge on any atom is -0.465 e. The Hall–Kier alpha value is -1.84. The molecule has 2 aromatic rings. The summed E-state index contributed by atoms with van der Waals surface area (Å²) in [6.07, 6.45) is 2.88. The molecule has 0 fully saturated rings. The SMILES string of the molecule is COC(=O)c1cccc2c1ncn2CCC(C)C. The van der Waals surface area contributed by atoms with Crippen LogP contribution in [0.5, 0.6) is 0 Å². The maximum atomic E-state index is 11.6. The van der Waals surface area contributed by atoms with Crippen molar-refractivity contribution in [3.63, 3.8) is 0 Å². The van der Waals surface area contributed by atoms with Gasteiger partial charge >= 0.3 is 5.97 Å². The Kier molecular flexibility index (Phi) is 3.65. The quantitative estimate of drug-likeness (QED) is 0.779. The summed E-state index contributed by atoms with van der Waals surface area (Å²) in [5.74, 6) is 0.306. The van der Waals surface area contributed by atoms with E-state index in [1.807, 2.05) is 12.1 Å². The third-order valence-corrected chi connectivity index (χ3v) is 3.00. The number of aryl methyl sites for hydroxylation is 1. The molecule has 1 aromatic heterocycles. The number of aromatic nitrogens is 2. The van der Waals surface area contributed by atoms with Gasteiger partial charge in [0.25, 0.3) is 0 Å². The van der Waals surface area contributed by atoms with Crippen molar-refractivity contribution in [2.75, 3.05) is 7.11 Å². The van der Waals surface area contributed by atoms with E-state index in [1.165, 1.54) is 7.11 Å². The molecule has 0 spiro atoms. The largest absolute Gasteiger partial charge is 0.465 e. The van der Waals surface area contributed by atoms with Crippen molar-refractivity contribution >= 4 is 17.0 Å². The second-order valence-electron chi connectivity index (χ2n) is 4.79. The molecular weight excluding hydrogens is 228 g/mol. The molecule has 0 aliphatic carbocycles. The Bertz CT molecular complexity index is 558. The number of ether oxygens (including phenoxy) is 1. The lowest BCUT2D eigenvalue weighted by molar-refractivity contribution is 0.0603. The summed E-state index contributed by atoms with van der Waals surface area (Å²) < 4.78 is 6.85. The number of benzene rings is 1. The third-order valence-electron chi connectivity index (χ3n) is 3.00. The third kappa shape index (κ3) is 2.37. The summed E-state index contributed by atoms with van der Waals surface area (Å²) in [4.78, 5) is 16.0. The minimum atomic E-state index is -0.338. The molecule has 0 amide bonds. The number of carbonyl (C=O) groups is 1. The molecule has 0 saturated heterocycles. The first-order valence-electron chi connectivity index (χ1n) is 6.15. The zero-order chi connectivity index (χ0) is 13.1. The average molecular weight is 246 g/mol. The van der Waals surface area contributed by atoms with Gasteiger partial charge in [-0.1, -0.05) is 19.9 Å². The van der Waals surface area contributed by atoms with Crippen LogP contribution < -0.4 is 0 Å². The molecule has 18 heavy (non-hydrogen) atoms. The van der Waals surface area contributed by atoms with Crippen LogP contribution in [0.15, 0.2) is 24.5 Å². The molecule has 0 atom stereocenters. The number of para-hydroxylation sites is 1. The van der Waals surface area contributed by atoms with Gasteiger partial charge in [-0.2, -0.15) is 0 Å². The van der Waals surface area contributed by atoms with Gasteiger partial charge in [0.15, 0.2) is 0 Å². The van der Waals surface area contributed by atoms with E-state index in [-0.39, 0.29) is 5.97 Å². The van der Waals surface area contributed by atoms with Gasteiger partial charge in [-0.3, -0.25) is 0 Å². The highest BCUT2D eigenvalue weighted by atomic mass is 16.5. The molecule has 0 bridgehead atoms. The van der Waals surface area contributed by atoms with Gasteiger partial charge in [0, 0.05) is 6.54 Å². The predicted octanol–water partition coefficient (Wildman–Crippen LogP) is 2.87. The van der Waals surface area contributed by atoms with E-state index in [0.717, 1.165) is 18.5 Å². The van der Waals surface area contributed by atoms with E-state index >= 15 is 0 Å². The lowest BCUT2D eigenvalue weighted by Gasteiger charge is -2.07. The smallest absolute Gasteiger partial charge is 0.340 e. The number of carbonyl (C=O) groups excluding carboxylic acids is 1. The van der Waals surface area contributed by atoms with Crippen LogP contribution in [0.3, 0.4) is 0 Å². The van der Waals surface area contributed by atoms with Crippen LogP contribution >= 0.6 is 0 Å². The average Bonchev–Trinajstić information content (AvgIpc) is 2.78. The summed E-state index contributed by atoms with van der Waals surface area (Å²) in [6.45, 7) is 5.30. The van der Waals surface area contributed by atoms with Crippen LogP contribution in [0.1, 0.15) is 30.6 Å². The van der Waals surface area contributed by atoms with Gasteiger partial charge in [-0.25, -0.2) is 9.78 Å². The molecule has 0 N–H and O–H groups in total. The molecule has 1 aromatic carbocycles. The number of imidazole rings is 1. The minimum absolute atomic E-state index is 0.338. The fourth-order valence-corrected chi connectivity index (χ4v) is 1.94. The number of nitrogens with zero attached hydrogens (tertiary/aromatic N) is 2. The van der Waals surface area contributed by atoms with Crippen LogP contribution in [-0.2, 0) is 11.3 Å². The molecule has 0 aliphatic rings. The molecule has 0 aliphatic heterocycles. The normalized spacial score (nSPS) is 11.1. The summed E-state index contributed by atoms with van der Waals surface area (Å²) in [7, 11) is 1.39. The number of hydrogen-bond acceptors (Lipinski definition) is 3. The van der Waals surface area contributed by atoms with E-state index in [0.29, 0.717) is 17.0 Å². The molecule has 0 radical (unpaired) electrons. The lowest BCUT2D eigenvalue weighted by atomic mass is 10.1. The van der Waals surface area contributed by atoms with Crippen molar-refractivity contribution in [2.24, 2.45) is 5.92 Å². The van der Waals surface area contributed by atoms with Gasteiger partial charge in [-0.15, -0.1) is 0 Å². The molecule has 2 rings (SSSR count). The van der Waals surface area contributed by atoms with Crippen molar-refractivity contribution in [1.29, 1.82) is 0 Å². The Morgan fingerprint density at radius 3 is 2.89 bits per heavy atom. The Morgan fingerprint density at radius 1 is 1.44 bits per heavy atom. The van der Waals surface area contributed by atoms with Crippen LogP contribution in [0, 0.1) is 5.92 Å². The van der Waals surface area contributed by atoms with Crippen molar-refractivity contribution in [3.8, 4) is 0 Å². The van der Waals surface area contributed by atoms with Crippen LogP contribution in [0.25, 0.3) is 11.0 Å². The highest BCUT2D eigenvalue weighted by Gasteiger charge is 2.13. The highest BCUT2D eigenvalue weighted by molar-refractivity contribution is 6.01. The number of methoxy groups -OCH3 is 1. The van der Waals surface area contributed by atoms with Gasteiger partial charge < -0.3 is 9.30 Å². The topological polar surface area (TPSA) is 44.1 Å². The van der Waals surface area contributed by atoms with E-state index in [1.54, 1.807) is 12.4 Å². The maximum Gasteiger partial charge on any atom is 0.340 e. The number of hydrogen-bond donors (Lipinski definition) is 0. The Labute approximate surface area is 107 Å². The van der Waals surface area contributed by atoms with E-state index < -0.39 is 0 Å². The standard InChI is InChI=1S/C14H18N2O2/c1-10(2)7-8-16-9-15-13-11(14(17)18-3)5-4-6-12(13)16/h4-6,9-10H,7-8H2,1-3H3. The second-order valence-corrected chi connectivity index (χ2v) is 4.79. The summed E-state index contributed by atoms with van der Waals surface area (Å²) >= 11 is 0. The molecule has 1 heterocycles. The highest BCUT2D eigenvalue weighted by Crippen LogP contribution is 2.19. The van der Waals surface area contributed by atoms with Crippen LogP contribution in [0.4, 0.5) is 0 Å². The van der Waals surface area contributed by atoms with Crippen molar-refractivity contribution < 1.29 is 9.53 Å². The monoisotopic (exact) mass is 246 g/mol. The van der Waals surface area contributed by atoms with Gasteiger partial charge in [0.1, 0.15) is 5.52 Å². The first kappa shape index (κ1) is 12.6. The van der Waals surface area contributed by atoms with E-state index in [9.17, 15) is 4.79 Å². The molecule has 4 nitrogen and oxygen atoms in total. The number of esters is 1. The van der Waals surface area contributed by atoms with Gasteiger partial charge in [-0.05, 0) is 24.5 Å². The maximum absolute atomic E-state index is 11.6. The second kappa shape index (κ2) is 5.21. The van der Waals surface area contributed by atoms with Crippen molar-refractivity contribution in [2.45, 2.75) is 26.8 Å². The fraction of sp³-hybridized carbons (Fsp3) is 0.429. The van der Waals surface area contributed by atoms with E-state index in [4.69, 9.17) is 4.74 Å². The summed E-state index contributed by atoms with van der Waals surface area (Å²) in [6, 6.07) is 5.59. The predicted molar refractivity (Wildman–Crippen MR) is 70.5 cm³/mol. The van der Waals surface area contributed by atoms with Gasteiger partial charge in [0.05, 0.1) is 24.5 Å². The Morgan fingerprint density at radius 2 is 2.22 bits per heavy atom. The number of rotatable bonds is 4. The zero-order valence-corrected chi connectivity index (χ0v) is 11.0. The van der Waals surface area contributed by atoms with Crippen molar-refractivity contribution in [1.82, 2.24) is 9.55 Å². The summed E-state index contributed by atoms with van der Waals surface area (Å²) in [5, 5.41) is 0. The van der Waals surface area contributed by atoms with Crippen LogP contribution in [0.2, 0.25) is 0 Å². The molecule has 0 saturated carbocycles. The van der Waals surface area contributed by atoms with Crippen molar-refractivity contribution in [3.05, 3.63) is 30.1 Å². The van der Waals surface area contributed by atoms with E-state index in [2.05, 4.69) is 23.4 Å². The Balaban J connectivity index is 2.39. The first-order chi connectivity index (χ1) is 8.63. The molecular formula is C14H18N2O2. The lowest BCUT2D eigenvalue weighted by Crippen LogP contribution is -2.03. The molecule has 4 heteroatoms. The zero-order valence-electron chi connectivity index (χ0n) is 11.0. The number of fused-ring (bicyclic) bond motifs is 1. The first-order valence-corrected chi connectivity index (χ1v) is 6.15. The molecule has 96 valence electrons. The van der Waals surface area contributed by atoms with Gasteiger partial charge in [0.2, 0.25) is 0 Å².